The number of ether oxygens (including phenoxy) is 2. The number of methoxy groups -OCH3 is 1. The van der Waals surface area contributed by atoms with E-state index in [1.807, 2.05) is 13.8 Å². The van der Waals surface area contributed by atoms with Crippen LogP contribution in [-0.2, 0) is 14.3 Å². The van der Waals surface area contributed by atoms with Gasteiger partial charge in [-0.2, -0.15) is 0 Å². The molecule has 5 nitrogen and oxygen atoms in total. The van der Waals surface area contributed by atoms with Gasteiger partial charge in [-0.15, -0.1) is 0 Å². The zero-order valence-electron chi connectivity index (χ0n) is 12.1. The summed E-state index contributed by atoms with van der Waals surface area (Å²) in [6, 6.07) is 0. The molecule has 7 heteroatoms. The van der Waals surface area contributed by atoms with E-state index in [4.69, 9.17) is 10.5 Å². The number of carbonyl (C=O) groups is 2. The normalized spacial score (nSPS) is 12.1. The van der Waals surface area contributed by atoms with Gasteiger partial charge in [-0.05, 0) is 20.3 Å². The molecule has 0 bridgehead atoms. The fourth-order valence-corrected chi connectivity index (χ4v) is 4.16. The van der Waals surface area contributed by atoms with Crippen molar-refractivity contribution in [3.63, 3.8) is 0 Å². The Bertz CT molecular complexity index is 319. The average Bonchev–Trinajstić information content (AvgIpc) is 2.26. The third kappa shape index (κ3) is 8.26. The molecule has 0 heterocycles. The van der Waals surface area contributed by atoms with Crippen molar-refractivity contribution >= 4 is 33.7 Å². The van der Waals surface area contributed by atoms with Crippen molar-refractivity contribution in [2.75, 3.05) is 19.5 Å². The lowest BCUT2D eigenvalue weighted by Gasteiger charge is -2.31. The lowest BCUT2D eigenvalue weighted by atomic mass is 9.83. The highest BCUT2D eigenvalue weighted by molar-refractivity contribution is 8.77. The van der Waals surface area contributed by atoms with Gasteiger partial charge < -0.3 is 15.2 Å². The molecule has 0 rings (SSSR count). The van der Waals surface area contributed by atoms with E-state index in [1.165, 1.54) is 7.11 Å². The van der Waals surface area contributed by atoms with Crippen molar-refractivity contribution in [2.45, 2.75) is 38.9 Å². The van der Waals surface area contributed by atoms with Crippen LogP contribution in [0.2, 0.25) is 0 Å². The first-order valence-corrected chi connectivity index (χ1v) is 8.24. The maximum atomic E-state index is 11.3. The van der Waals surface area contributed by atoms with Gasteiger partial charge in [0.1, 0.15) is 6.61 Å². The summed E-state index contributed by atoms with van der Waals surface area (Å²) in [5.74, 6) is 0.375. The summed E-state index contributed by atoms with van der Waals surface area (Å²) < 4.78 is 9.05. The van der Waals surface area contributed by atoms with Crippen molar-refractivity contribution in [1.82, 2.24) is 0 Å². The first-order valence-electron chi connectivity index (χ1n) is 5.92. The Balaban J connectivity index is 3.98. The molecule has 0 radical (unpaired) electrons. The van der Waals surface area contributed by atoms with Gasteiger partial charge in [-0.25, -0.2) is 4.79 Å². The van der Waals surface area contributed by atoms with Crippen LogP contribution in [-0.4, -0.2) is 36.3 Å². The molecule has 0 aliphatic heterocycles. The first kappa shape index (κ1) is 18.4. The summed E-state index contributed by atoms with van der Waals surface area (Å²) >= 11 is 0. The fraction of sp³-hybridized carbons (Fsp3) is 0.833. The molecule has 0 aromatic heterocycles. The van der Waals surface area contributed by atoms with Gasteiger partial charge in [0.25, 0.3) is 0 Å². The molecule has 0 saturated carbocycles. The highest BCUT2D eigenvalue weighted by atomic mass is 33.1. The SMILES string of the molecule is COC(=O)OCCSSC(C)(C)CC(C)(C)C(N)=O. The van der Waals surface area contributed by atoms with Crippen molar-refractivity contribution in [3.8, 4) is 0 Å². The minimum absolute atomic E-state index is 0.0888. The van der Waals surface area contributed by atoms with E-state index in [0.29, 0.717) is 18.8 Å². The highest BCUT2D eigenvalue weighted by Crippen LogP contribution is 2.42. The van der Waals surface area contributed by atoms with E-state index in [-0.39, 0.29) is 10.7 Å². The molecular formula is C12H23NO4S2. The van der Waals surface area contributed by atoms with Crippen LogP contribution in [0.3, 0.4) is 0 Å². The number of hydrogen-bond acceptors (Lipinski definition) is 6. The van der Waals surface area contributed by atoms with E-state index in [2.05, 4.69) is 18.6 Å². The maximum Gasteiger partial charge on any atom is 0.508 e. The number of primary amides is 1. The van der Waals surface area contributed by atoms with Crippen LogP contribution in [0.5, 0.6) is 0 Å². The minimum atomic E-state index is -0.667. The van der Waals surface area contributed by atoms with Gasteiger partial charge in [0.15, 0.2) is 0 Å². The molecule has 0 saturated heterocycles. The molecule has 1 amide bonds. The second kappa shape index (κ2) is 7.89. The summed E-state index contributed by atoms with van der Waals surface area (Å²) in [5, 5.41) is 0. The quantitative estimate of drug-likeness (QED) is 0.422. The monoisotopic (exact) mass is 309 g/mol. The van der Waals surface area contributed by atoms with Crippen LogP contribution in [0, 0.1) is 5.41 Å². The van der Waals surface area contributed by atoms with Gasteiger partial charge in [0, 0.05) is 15.9 Å². The zero-order chi connectivity index (χ0) is 15.1. The van der Waals surface area contributed by atoms with Crippen LogP contribution in [0.15, 0.2) is 0 Å². The van der Waals surface area contributed by atoms with Crippen molar-refractivity contribution in [1.29, 1.82) is 0 Å². The summed E-state index contributed by atoms with van der Waals surface area (Å²) in [6.45, 7) is 8.14. The first-order chi connectivity index (χ1) is 8.60. The Morgan fingerprint density at radius 1 is 1.21 bits per heavy atom. The van der Waals surface area contributed by atoms with E-state index >= 15 is 0 Å². The Morgan fingerprint density at radius 3 is 2.26 bits per heavy atom. The molecule has 0 unspecified atom stereocenters. The molecule has 112 valence electrons. The topological polar surface area (TPSA) is 78.6 Å². The molecular weight excluding hydrogens is 286 g/mol. The molecule has 0 aliphatic rings. The third-order valence-corrected chi connectivity index (χ3v) is 5.63. The number of rotatable bonds is 8. The summed E-state index contributed by atoms with van der Waals surface area (Å²) in [6.07, 6.45) is 0.0185. The van der Waals surface area contributed by atoms with Crippen LogP contribution >= 0.6 is 21.6 Å². The van der Waals surface area contributed by atoms with Gasteiger partial charge in [0.2, 0.25) is 5.91 Å². The predicted octanol–water partition coefficient (Wildman–Crippen LogP) is 2.83. The lowest BCUT2D eigenvalue weighted by molar-refractivity contribution is -0.126. The number of nitrogens with two attached hydrogens (primary N) is 1. The molecule has 2 N–H and O–H groups in total. The van der Waals surface area contributed by atoms with Crippen LogP contribution in [0.25, 0.3) is 0 Å². The number of hydrogen-bond donors (Lipinski definition) is 1. The molecule has 0 spiro atoms. The predicted molar refractivity (Wildman–Crippen MR) is 80.1 cm³/mol. The van der Waals surface area contributed by atoms with E-state index in [9.17, 15) is 9.59 Å². The molecule has 0 atom stereocenters. The number of amides is 1. The van der Waals surface area contributed by atoms with Crippen molar-refractivity contribution in [3.05, 3.63) is 0 Å². The van der Waals surface area contributed by atoms with Gasteiger partial charge in [-0.1, -0.05) is 35.4 Å². The Labute approximate surface area is 122 Å². The smallest absolute Gasteiger partial charge is 0.438 e. The number of carbonyl (C=O) groups excluding carboxylic acids is 2. The van der Waals surface area contributed by atoms with Crippen molar-refractivity contribution < 1.29 is 19.1 Å². The fourth-order valence-electron chi connectivity index (χ4n) is 1.60. The van der Waals surface area contributed by atoms with Crippen LogP contribution in [0.1, 0.15) is 34.1 Å². The molecule has 0 aromatic carbocycles. The maximum absolute atomic E-state index is 11.3. The Kier molecular flexibility index (Phi) is 7.66. The second-order valence-electron chi connectivity index (χ2n) is 5.39. The van der Waals surface area contributed by atoms with Gasteiger partial charge >= 0.3 is 6.16 Å². The van der Waals surface area contributed by atoms with E-state index < -0.39 is 11.6 Å². The largest absolute Gasteiger partial charge is 0.508 e. The van der Waals surface area contributed by atoms with E-state index in [0.717, 1.165) is 0 Å². The van der Waals surface area contributed by atoms with Crippen LogP contribution < -0.4 is 5.73 Å². The van der Waals surface area contributed by atoms with Crippen molar-refractivity contribution in [2.24, 2.45) is 11.1 Å². The molecule has 0 aromatic rings. The second-order valence-corrected chi connectivity index (χ2v) is 8.52. The van der Waals surface area contributed by atoms with Crippen LogP contribution in [0.4, 0.5) is 4.79 Å². The van der Waals surface area contributed by atoms with E-state index in [1.54, 1.807) is 21.6 Å². The lowest BCUT2D eigenvalue weighted by Crippen LogP contribution is -2.36. The zero-order valence-corrected chi connectivity index (χ0v) is 13.8. The standard InChI is InChI=1S/C12H23NO4S2/c1-11(2,9(13)14)8-12(3,4)19-18-7-6-17-10(15)16-5/h6-8H2,1-5H3,(H2,13,14). The summed E-state index contributed by atoms with van der Waals surface area (Å²) in [4.78, 5) is 22.0. The Hall–Kier alpha value is -0.560. The van der Waals surface area contributed by atoms with Gasteiger partial charge in [0.05, 0.1) is 7.11 Å². The molecule has 19 heavy (non-hydrogen) atoms. The summed E-state index contributed by atoms with van der Waals surface area (Å²) in [5.41, 5.74) is 4.85. The summed E-state index contributed by atoms with van der Waals surface area (Å²) in [7, 11) is 4.53. The molecule has 0 fully saturated rings. The third-order valence-electron chi connectivity index (χ3n) is 2.37. The molecule has 0 aliphatic carbocycles. The Morgan fingerprint density at radius 2 is 1.79 bits per heavy atom. The van der Waals surface area contributed by atoms with Gasteiger partial charge in [-0.3, -0.25) is 4.79 Å². The highest BCUT2D eigenvalue weighted by Gasteiger charge is 2.33. The minimum Gasteiger partial charge on any atom is -0.438 e. The average molecular weight is 309 g/mol.